The Hall–Kier alpha value is -5.59. The number of carbonyl (C=O) groups is 4. The number of pyridine rings is 3. The molecule has 3 heterocycles. The van der Waals surface area contributed by atoms with Gasteiger partial charge >= 0.3 is 0 Å². The molecule has 3 aromatic heterocycles. The Labute approximate surface area is 583 Å². The number of nitrogens with zero attached hydrogens (tertiary/aromatic N) is 3. The molecule has 8 N–H and O–H groups in total. The summed E-state index contributed by atoms with van der Waals surface area (Å²) < 4.78 is 36.0. The summed E-state index contributed by atoms with van der Waals surface area (Å²) in [6, 6.07) is 42.7. The van der Waals surface area contributed by atoms with E-state index in [0.717, 1.165) is 74.0 Å². The fraction of sp³-hybridized carbons (Fsp3) is 0.456. The van der Waals surface area contributed by atoms with Crippen LogP contribution in [0.5, 0.6) is 0 Å². The molecule has 4 amide bonds. The summed E-state index contributed by atoms with van der Waals surface area (Å²) >= 11 is 10.6. The first kappa shape index (κ1) is 92.8. The van der Waals surface area contributed by atoms with E-state index in [9.17, 15) is 19.2 Å². The van der Waals surface area contributed by atoms with Crippen molar-refractivity contribution < 1.29 is 100 Å². The maximum atomic E-state index is 12.2. The van der Waals surface area contributed by atoms with E-state index in [1.807, 2.05) is 137 Å². The van der Waals surface area contributed by atoms with E-state index in [1.165, 1.54) is 11.1 Å². The van der Waals surface area contributed by atoms with Crippen molar-refractivity contribution in [2.75, 3.05) is 130 Å². The molecule has 0 saturated heterocycles. The van der Waals surface area contributed by atoms with Crippen LogP contribution in [-0.2, 0) is 79.2 Å². The summed E-state index contributed by atoms with van der Waals surface area (Å²) in [7, 11) is 0. The first-order chi connectivity index (χ1) is 42.3. The molecule has 513 valence electrons. The van der Waals surface area contributed by atoms with Gasteiger partial charge in [0.25, 0.3) is 11.8 Å². The molecule has 0 spiro atoms. The van der Waals surface area contributed by atoms with Crippen LogP contribution in [0.25, 0.3) is 33.4 Å². The van der Waals surface area contributed by atoms with E-state index in [0.29, 0.717) is 105 Å². The van der Waals surface area contributed by atoms with Crippen LogP contribution >= 0.6 is 23.2 Å². The van der Waals surface area contributed by atoms with Gasteiger partial charge in [-0.15, -0.1) is 23.2 Å². The standard InChI is InChI=1S/C34H38N4O4.C12H22Cl2N2O4.C11H9N.C8H20N2O2.3CH4.2ClH.V/c39-33(27-37-19-13-31(14-20-37)29-9-3-1-4-10-29)35-17-7-23-41-25-26-42-24-8-18-36-34(40)28-38-21-15-32(16-22-38)30-11-5-2-6-12-30;13-9-11(17)15-3-1-5-19-7-8-20-6-2-4-16-12(18)10-14;1-2-4-10(5-3-1)11-6-8-12-9-7-11;9-3-1-5-11-7-8-12-6-2-4-10;;;;;;/h1-6,9-16,19-22H,7-8,17-18,23-28H2;1-10H2,(H,15,17)(H,16,18);1-9H;1-10H2;3*1H4;2*1H;. The number of nitrogens with one attached hydrogen (secondary N) is 4. The number of rotatable bonds is 40. The third-order valence-electron chi connectivity index (χ3n) is 11.9. The number of ether oxygens (including phenoxy) is 6. The molecule has 0 aliphatic heterocycles. The number of nitrogens with two attached hydrogens (primary N) is 2. The molecule has 0 saturated carbocycles. The molecule has 0 aliphatic rings. The Balaban J connectivity index is -0.000000644. The molecule has 19 nitrogen and oxygen atoms in total. The number of benzene rings is 3. The Morgan fingerprint density at radius 1 is 0.359 bits per heavy atom. The van der Waals surface area contributed by atoms with Gasteiger partial charge in [-0.2, -0.15) is 9.13 Å². The number of carbonyl (C=O) groups excluding carboxylic acids is 4. The van der Waals surface area contributed by atoms with Crippen LogP contribution in [0.4, 0.5) is 0 Å². The van der Waals surface area contributed by atoms with E-state index in [1.54, 1.807) is 0 Å². The van der Waals surface area contributed by atoms with Crippen LogP contribution in [0.2, 0.25) is 0 Å². The van der Waals surface area contributed by atoms with Crippen molar-refractivity contribution in [1.29, 1.82) is 0 Å². The van der Waals surface area contributed by atoms with Crippen molar-refractivity contribution in [3.8, 4) is 33.4 Å². The predicted octanol–water partition coefficient (Wildman–Crippen LogP) is 2.23. The number of hydrogen-bond donors (Lipinski definition) is 6. The van der Waals surface area contributed by atoms with Crippen LogP contribution in [0.1, 0.15) is 60.8 Å². The largest absolute Gasteiger partial charge is 1.00 e. The molecule has 0 atom stereocenters. The summed E-state index contributed by atoms with van der Waals surface area (Å²) in [6.07, 6.45) is 16.1. The Morgan fingerprint density at radius 2 is 0.598 bits per heavy atom. The fourth-order valence-corrected chi connectivity index (χ4v) is 7.62. The second-order valence-electron chi connectivity index (χ2n) is 18.9. The van der Waals surface area contributed by atoms with Crippen LogP contribution in [0, 0.1) is 0 Å². The van der Waals surface area contributed by atoms with Gasteiger partial charge in [-0.1, -0.05) is 113 Å². The van der Waals surface area contributed by atoms with Gasteiger partial charge < -0.3 is 86.0 Å². The number of amides is 4. The number of hydrogen-bond acceptors (Lipinski definition) is 13. The summed E-state index contributed by atoms with van der Waals surface area (Å²) in [5.74, 6) is -0.419. The Morgan fingerprint density at radius 3 is 0.859 bits per heavy atom. The number of halogens is 4. The zero-order valence-corrected chi connectivity index (χ0v) is 55.3. The normalized spacial score (nSPS) is 9.78. The molecule has 0 fully saturated rings. The van der Waals surface area contributed by atoms with Crippen molar-refractivity contribution >= 4 is 46.8 Å². The summed E-state index contributed by atoms with van der Waals surface area (Å²) in [6.45, 7) is 11.3. The minimum Gasteiger partial charge on any atom is -1.00 e. The van der Waals surface area contributed by atoms with Crippen molar-refractivity contribution in [3.63, 3.8) is 0 Å². The van der Waals surface area contributed by atoms with E-state index < -0.39 is 0 Å². The van der Waals surface area contributed by atoms with E-state index >= 15 is 0 Å². The van der Waals surface area contributed by atoms with Crippen molar-refractivity contribution in [1.82, 2.24) is 26.3 Å². The van der Waals surface area contributed by atoms with Gasteiger partial charge in [-0.05, 0) is 97.1 Å². The Kier molecular flexibility index (Phi) is 66.1. The molecule has 1 radical (unpaired) electrons. The minimum atomic E-state index is -0.170. The monoisotopic (exact) mass is 1400 g/mol. The molecule has 6 rings (SSSR count). The average Bonchev–Trinajstić information content (AvgIpc) is 2.28. The first-order valence-corrected chi connectivity index (χ1v) is 30.4. The van der Waals surface area contributed by atoms with E-state index in [-0.39, 0.29) is 114 Å². The third kappa shape index (κ3) is 49.1. The van der Waals surface area contributed by atoms with Gasteiger partial charge in [-0.3, -0.25) is 24.2 Å². The second-order valence-corrected chi connectivity index (χ2v) is 19.4. The molecule has 3 aromatic carbocycles. The van der Waals surface area contributed by atoms with Gasteiger partial charge in [0.1, 0.15) is 11.8 Å². The summed E-state index contributed by atoms with van der Waals surface area (Å²) in [5, 5.41) is 11.1. The van der Waals surface area contributed by atoms with Crippen LogP contribution < -0.4 is 66.7 Å². The van der Waals surface area contributed by atoms with Crippen molar-refractivity contribution in [2.24, 2.45) is 11.5 Å². The van der Waals surface area contributed by atoms with Crippen molar-refractivity contribution in [3.05, 3.63) is 165 Å². The SMILES string of the molecule is C.C.C.NCCCOCCOCCCN.O=C(CCl)NCCCOCCOCCCNC(=O)CCl.O=C(C[n+]1ccc(-c2ccccc2)cc1)NCCCOCCOCCCNC(=O)C[n+]1ccc(-c2ccccc2)cc1.[Cl-].[Cl-].[V].c1ccc(-c2ccncc2)cc1. The maximum Gasteiger partial charge on any atom is 0.285 e. The molecule has 0 unspecified atom stereocenters. The molecule has 0 aliphatic carbocycles. The predicted molar refractivity (Wildman–Crippen MR) is 358 cm³/mol. The average molecular weight is 1400 g/mol. The van der Waals surface area contributed by atoms with Gasteiger partial charge in [0.15, 0.2) is 24.8 Å². The zero-order valence-electron chi connectivity index (χ0n) is 50.9. The zero-order chi connectivity index (χ0) is 61.6. The van der Waals surface area contributed by atoms with Gasteiger partial charge in [-0.25, -0.2) is 0 Å². The van der Waals surface area contributed by atoms with Crippen LogP contribution in [0.15, 0.2) is 165 Å². The molecular formula is C68H103Cl4N9O10V. The fourth-order valence-electron chi connectivity index (χ4n) is 7.43. The first-order valence-electron chi connectivity index (χ1n) is 29.4. The van der Waals surface area contributed by atoms with E-state index in [4.69, 9.17) is 63.1 Å². The van der Waals surface area contributed by atoms with Crippen LogP contribution in [-0.4, -0.2) is 159 Å². The minimum absolute atomic E-state index is 0. The summed E-state index contributed by atoms with van der Waals surface area (Å²) in [4.78, 5) is 50.0. The van der Waals surface area contributed by atoms with Crippen LogP contribution in [0.3, 0.4) is 0 Å². The smallest absolute Gasteiger partial charge is 0.285 e. The van der Waals surface area contributed by atoms with E-state index in [2.05, 4.69) is 62.6 Å². The third-order valence-corrected chi connectivity index (χ3v) is 12.4. The molecule has 0 bridgehead atoms. The van der Waals surface area contributed by atoms with Gasteiger partial charge in [0.2, 0.25) is 24.9 Å². The topological polar surface area (TPSA) is 244 Å². The maximum absolute atomic E-state index is 12.2. The quantitative estimate of drug-likeness (QED) is 0.0184. The number of alkyl halides is 2. The van der Waals surface area contributed by atoms with Gasteiger partial charge in [0.05, 0.1) is 39.6 Å². The molecular weight excluding hydrogens is 1300 g/mol. The van der Waals surface area contributed by atoms with Gasteiger partial charge in [0, 0.05) is 121 Å². The Bertz CT molecular complexity index is 2440. The molecule has 92 heavy (non-hydrogen) atoms. The molecule has 24 heteroatoms. The van der Waals surface area contributed by atoms with Crippen molar-refractivity contribution in [2.45, 2.75) is 73.9 Å². The number of aromatic nitrogens is 3. The second kappa shape index (κ2) is 65.5. The summed E-state index contributed by atoms with van der Waals surface area (Å²) in [5.41, 5.74) is 17.6. The molecule has 6 aromatic rings.